The van der Waals surface area contributed by atoms with E-state index in [2.05, 4.69) is 18.2 Å². The second-order valence-electron chi connectivity index (χ2n) is 6.92. The molecule has 0 saturated heterocycles. The first kappa shape index (κ1) is 13.1. The van der Waals surface area contributed by atoms with E-state index in [4.69, 9.17) is 9.47 Å². The highest BCUT2D eigenvalue weighted by molar-refractivity contribution is 5.38. The van der Waals surface area contributed by atoms with Crippen molar-refractivity contribution < 1.29 is 14.6 Å². The molecular weight excluding hydrogens is 252 g/mol. The molecule has 4 aliphatic rings. The maximum atomic E-state index is 11.4. The van der Waals surface area contributed by atoms with E-state index in [0.29, 0.717) is 5.92 Å². The summed E-state index contributed by atoms with van der Waals surface area (Å²) in [6.07, 6.45) is 12.4. The van der Waals surface area contributed by atoms with E-state index in [0.717, 1.165) is 18.8 Å². The number of hydrogen-bond acceptors (Lipinski definition) is 3. The number of fused-ring (bicyclic) bond motifs is 3. The van der Waals surface area contributed by atoms with E-state index < -0.39 is 11.4 Å². The molecule has 3 heteroatoms. The van der Waals surface area contributed by atoms with Crippen LogP contribution in [0.15, 0.2) is 23.8 Å². The Morgan fingerprint density at radius 1 is 1.20 bits per heavy atom. The van der Waals surface area contributed by atoms with Gasteiger partial charge in [-0.15, -0.1) is 0 Å². The number of aliphatic hydroxyl groups is 1. The van der Waals surface area contributed by atoms with Crippen LogP contribution in [0.1, 0.15) is 32.1 Å². The van der Waals surface area contributed by atoms with Gasteiger partial charge < -0.3 is 14.6 Å². The lowest BCUT2D eigenvalue weighted by Gasteiger charge is -2.38. The fourth-order valence-electron chi connectivity index (χ4n) is 5.50. The average Bonchev–Trinajstić information content (AvgIpc) is 3.15. The van der Waals surface area contributed by atoms with Crippen molar-refractivity contribution in [2.45, 2.75) is 43.5 Å². The van der Waals surface area contributed by atoms with E-state index in [1.54, 1.807) is 14.2 Å². The van der Waals surface area contributed by atoms with Crippen LogP contribution in [0.25, 0.3) is 0 Å². The lowest BCUT2D eigenvalue weighted by Crippen LogP contribution is -2.47. The molecule has 0 aromatic heterocycles. The van der Waals surface area contributed by atoms with E-state index in [1.165, 1.54) is 24.8 Å². The fraction of sp³-hybridized carbons (Fsp3) is 0.765. The third kappa shape index (κ3) is 1.36. The number of ether oxygens (including phenoxy) is 2. The normalized spacial score (nSPS) is 47.9. The Bertz CT molecular complexity index is 477. The van der Waals surface area contributed by atoms with Crippen molar-refractivity contribution in [2.75, 3.05) is 14.2 Å². The molecule has 0 aromatic rings. The molecule has 2 bridgehead atoms. The number of methoxy groups -OCH3 is 2. The summed E-state index contributed by atoms with van der Waals surface area (Å²) < 4.78 is 11.5. The van der Waals surface area contributed by atoms with E-state index >= 15 is 0 Å². The summed E-state index contributed by atoms with van der Waals surface area (Å²) >= 11 is 0. The highest BCUT2D eigenvalue weighted by Crippen LogP contribution is 2.61. The van der Waals surface area contributed by atoms with Gasteiger partial charge in [-0.3, -0.25) is 0 Å². The maximum absolute atomic E-state index is 11.4. The molecule has 0 aromatic carbocycles. The van der Waals surface area contributed by atoms with Crippen LogP contribution in [0, 0.1) is 23.7 Å². The smallest absolute Gasteiger partial charge is 0.183 e. The van der Waals surface area contributed by atoms with Crippen molar-refractivity contribution in [3.05, 3.63) is 23.8 Å². The SMILES string of the molecule is COC1(OC)C2C=CC1C(O)(C1=CC[C@@H]3CCC[C@H]13)C2. The highest BCUT2D eigenvalue weighted by Gasteiger charge is 2.66. The Kier molecular flexibility index (Phi) is 2.73. The van der Waals surface area contributed by atoms with Crippen molar-refractivity contribution in [1.29, 1.82) is 0 Å². The monoisotopic (exact) mass is 276 g/mol. The molecule has 3 nitrogen and oxygen atoms in total. The van der Waals surface area contributed by atoms with E-state index in [9.17, 15) is 5.11 Å². The predicted octanol–water partition coefficient (Wildman–Crippen LogP) is 2.66. The van der Waals surface area contributed by atoms with Crippen LogP contribution >= 0.6 is 0 Å². The van der Waals surface area contributed by atoms with Crippen molar-refractivity contribution in [1.82, 2.24) is 0 Å². The first-order valence-corrected chi connectivity index (χ1v) is 7.87. The molecule has 5 atom stereocenters. The van der Waals surface area contributed by atoms with Gasteiger partial charge in [0.1, 0.15) is 0 Å². The van der Waals surface area contributed by atoms with E-state index in [-0.39, 0.29) is 11.8 Å². The Morgan fingerprint density at radius 2 is 2.00 bits per heavy atom. The van der Waals surface area contributed by atoms with Crippen LogP contribution < -0.4 is 0 Å². The molecule has 0 heterocycles. The first-order valence-electron chi connectivity index (χ1n) is 7.87. The van der Waals surface area contributed by atoms with Crippen LogP contribution in [0.3, 0.4) is 0 Å². The molecule has 20 heavy (non-hydrogen) atoms. The third-order valence-electron chi connectivity index (χ3n) is 6.37. The average molecular weight is 276 g/mol. The Balaban J connectivity index is 1.71. The van der Waals surface area contributed by atoms with Crippen molar-refractivity contribution in [2.24, 2.45) is 23.7 Å². The zero-order chi connectivity index (χ0) is 14.0. The molecule has 2 saturated carbocycles. The summed E-state index contributed by atoms with van der Waals surface area (Å²) in [7, 11) is 3.40. The van der Waals surface area contributed by atoms with Gasteiger partial charge in [-0.2, -0.15) is 0 Å². The minimum atomic E-state index is -0.755. The summed E-state index contributed by atoms with van der Waals surface area (Å²) in [6, 6.07) is 0. The topological polar surface area (TPSA) is 38.7 Å². The van der Waals surface area contributed by atoms with Gasteiger partial charge >= 0.3 is 0 Å². The van der Waals surface area contributed by atoms with Gasteiger partial charge in [-0.25, -0.2) is 0 Å². The largest absolute Gasteiger partial charge is 0.385 e. The van der Waals surface area contributed by atoms with Gasteiger partial charge in [0.15, 0.2) is 5.79 Å². The molecule has 110 valence electrons. The van der Waals surface area contributed by atoms with Crippen LogP contribution in [-0.4, -0.2) is 30.7 Å². The lowest BCUT2D eigenvalue weighted by molar-refractivity contribution is -0.238. The first-order chi connectivity index (χ1) is 9.65. The van der Waals surface area contributed by atoms with Gasteiger partial charge in [0.05, 0.1) is 11.5 Å². The summed E-state index contributed by atoms with van der Waals surface area (Å²) in [5.74, 6) is 0.803. The molecule has 0 amide bonds. The molecule has 2 fully saturated rings. The molecule has 3 unspecified atom stereocenters. The molecule has 0 radical (unpaired) electrons. The van der Waals surface area contributed by atoms with E-state index in [1.807, 2.05) is 0 Å². The number of allylic oxidation sites excluding steroid dienone is 1. The minimum absolute atomic E-state index is 0.0689. The minimum Gasteiger partial charge on any atom is -0.385 e. The van der Waals surface area contributed by atoms with Gasteiger partial charge in [0.25, 0.3) is 0 Å². The zero-order valence-electron chi connectivity index (χ0n) is 12.3. The maximum Gasteiger partial charge on any atom is 0.183 e. The summed E-state index contributed by atoms with van der Waals surface area (Å²) in [6.45, 7) is 0. The summed E-state index contributed by atoms with van der Waals surface area (Å²) in [5.41, 5.74) is 0.533. The van der Waals surface area contributed by atoms with Crippen LogP contribution in [0.4, 0.5) is 0 Å². The number of hydrogen-bond donors (Lipinski definition) is 1. The van der Waals surface area contributed by atoms with Crippen molar-refractivity contribution >= 4 is 0 Å². The van der Waals surface area contributed by atoms with Gasteiger partial charge in [-0.05, 0) is 43.1 Å². The second kappa shape index (κ2) is 4.19. The Morgan fingerprint density at radius 3 is 2.70 bits per heavy atom. The van der Waals surface area contributed by atoms with Gasteiger partial charge in [0, 0.05) is 20.1 Å². The molecule has 4 aliphatic carbocycles. The molecule has 0 spiro atoms. The highest BCUT2D eigenvalue weighted by atomic mass is 16.7. The van der Waals surface area contributed by atoms with Gasteiger partial charge in [0.2, 0.25) is 0 Å². The van der Waals surface area contributed by atoms with Crippen molar-refractivity contribution in [3.63, 3.8) is 0 Å². The quantitative estimate of drug-likeness (QED) is 0.636. The van der Waals surface area contributed by atoms with Crippen LogP contribution in [0.2, 0.25) is 0 Å². The molecular formula is C17H24O3. The zero-order valence-corrected chi connectivity index (χ0v) is 12.3. The Labute approximate surface area is 120 Å². The summed E-state index contributed by atoms with van der Waals surface area (Å²) in [4.78, 5) is 0. The molecule has 0 aliphatic heterocycles. The fourth-order valence-corrected chi connectivity index (χ4v) is 5.50. The second-order valence-corrected chi connectivity index (χ2v) is 6.92. The predicted molar refractivity (Wildman–Crippen MR) is 76.0 cm³/mol. The number of rotatable bonds is 3. The van der Waals surface area contributed by atoms with Crippen LogP contribution in [0.5, 0.6) is 0 Å². The molecule has 4 rings (SSSR count). The summed E-state index contributed by atoms with van der Waals surface area (Å²) in [5, 5.41) is 11.4. The third-order valence-corrected chi connectivity index (χ3v) is 6.37. The molecule has 1 N–H and O–H groups in total. The lowest BCUT2D eigenvalue weighted by atomic mass is 9.75. The van der Waals surface area contributed by atoms with Crippen LogP contribution in [-0.2, 0) is 9.47 Å². The Hall–Kier alpha value is -0.640. The van der Waals surface area contributed by atoms with Gasteiger partial charge in [-0.1, -0.05) is 24.6 Å². The van der Waals surface area contributed by atoms with Crippen molar-refractivity contribution in [3.8, 4) is 0 Å². The standard InChI is InChI=1S/C17H24O3/c1-19-17(20-2)12-7-9-15(17)16(18,10-12)14-8-6-11-4-3-5-13(11)14/h7-9,11-13,15,18H,3-6,10H2,1-2H3/t11-,12?,13-,15?,16?/m0/s1.